The number of fused-ring (bicyclic) bond motifs is 2. The Morgan fingerprint density at radius 3 is 2.46 bits per heavy atom. The van der Waals surface area contributed by atoms with Crippen molar-refractivity contribution in [1.29, 1.82) is 0 Å². The molecule has 0 saturated heterocycles. The van der Waals surface area contributed by atoms with Crippen LogP contribution in [0.3, 0.4) is 0 Å². The summed E-state index contributed by atoms with van der Waals surface area (Å²) in [6, 6.07) is 4.18. The van der Waals surface area contributed by atoms with Crippen molar-refractivity contribution >= 4 is 23.0 Å². The molecule has 1 aliphatic heterocycles. The molecule has 1 unspecified atom stereocenters. The van der Waals surface area contributed by atoms with Crippen molar-refractivity contribution in [3.63, 3.8) is 0 Å². The Labute approximate surface area is 193 Å². The monoisotopic (exact) mass is 500 g/mol. The van der Waals surface area contributed by atoms with Crippen LogP contribution in [0.15, 0.2) is 36.4 Å². The molecule has 13 heteroatoms. The molecule has 1 amide bonds. The molecule has 0 spiro atoms. The first-order valence-corrected chi connectivity index (χ1v) is 10.1. The highest BCUT2D eigenvalue weighted by molar-refractivity contribution is 5.99. The SMILES string of the molecule is CCn1c(C(=O)NC(c2ccc3c(c2)OC(F)(F)O3)C(F)(F)F)cc2cc(OC(=O)O)c(C)cc21. The number of hydrogen-bond donors (Lipinski definition) is 2. The Morgan fingerprint density at radius 2 is 1.83 bits per heavy atom. The first-order valence-electron chi connectivity index (χ1n) is 10.1. The molecule has 3 aromatic rings. The van der Waals surface area contributed by atoms with E-state index in [1.165, 1.54) is 16.7 Å². The van der Waals surface area contributed by atoms with Gasteiger partial charge in [0.1, 0.15) is 11.4 Å². The summed E-state index contributed by atoms with van der Waals surface area (Å²) in [5, 5.41) is 11.1. The van der Waals surface area contributed by atoms with Crippen molar-refractivity contribution in [3.05, 3.63) is 53.2 Å². The summed E-state index contributed by atoms with van der Waals surface area (Å²) in [7, 11) is 0. The second-order valence-corrected chi connectivity index (χ2v) is 7.64. The minimum Gasteiger partial charge on any atom is -0.449 e. The lowest BCUT2D eigenvalue weighted by Crippen LogP contribution is -2.38. The summed E-state index contributed by atoms with van der Waals surface area (Å²) in [6.45, 7) is 3.46. The van der Waals surface area contributed by atoms with Gasteiger partial charge in [0.05, 0.1) is 0 Å². The third-order valence-corrected chi connectivity index (χ3v) is 5.31. The van der Waals surface area contributed by atoms with Gasteiger partial charge < -0.3 is 29.2 Å². The predicted molar refractivity (Wildman–Crippen MR) is 110 cm³/mol. The highest BCUT2D eigenvalue weighted by atomic mass is 19.4. The molecule has 0 radical (unpaired) electrons. The van der Waals surface area contributed by atoms with Crippen LogP contribution in [0, 0.1) is 6.92 Å². The summed E-state index contributed by atoms with van der Waals surface area (Å²) in [4.78, 5) is 23.9. The van der Waals surface area contributed by atoms with E-state index >= 15 is 0 Å². The van der Waals surface area contributed by atoms with Crippen LogP contribution in [0.25, 0.3) is 10.9 Å². The van der Waals surface area contributed by atoms with Gasteiger partial charge >= 0.3 is 18.6 Å². The van der Waals surface area contributed by atoms with E-state index in [0.717, 1.165) is 18.2 Å². The highest BCUT2D eigenvalue weighted by Crippen LogP contribution is 2.44. The van der Waals surface area contributed by atoms with Crippen LogP contribution in [0.4, 0.5) is 26.7 Å². The molecule has 35 heavy (non-hydrogen) atoms. The van der Waals surface area contributed by atoms with Gasteiger partial charge in [-0.15, -0.1) is 8.78 Å². The quantitative estimate of drug-likeness (QED) is 0.277. The molecule has 1 aromatic heterocycles. The van der Waals surface area contributed by atoms with E-state index in [2.05, 4.69) is 9.47 Å². The van der Waals surface area contributed by atoms with E-state index in [1.54, 1.807) is 19.9 Å². The van der Waals surface area contributed by atoms with E-state index in [-0.39, 0.29) is 18.0 Å². The Hall–Kier alpha value is -4.03. The van der Waals surface area contributed by atoms with E-state index in [0.29, 0.717) is 16.5 Å². The van der Waals surface area contributed by atoms with Crippen LogP contribution < -0.4 is 19.5 Å². The first kappa shape index (κ1) is 24.1. The second kappa shape index (κ2) is 8.32. The number of halogens is 5. The van der Waals surface area contributed by atoms with Crippen LogP contribution in [-0.2, 0) is 6.54 Å². The van der Waals surface area contributed by atoms with Crippen LogP contribution in [0.2, 0.25) is 0 Å². The Balaban J connectivity index is 1.70. The molecule has 0 fully saturated rings. The van der Waals surface area contributed by atoms with Gasteiger partial charge in [-0.1, -0.05) is 6.07 Å². The fraction of sp³-hybridized carbons (Fsp3) is 0.273. The largest absolute Gasteiger partial charge is 0.586 e. The lowest BCUT2D eigenvalue weighted by molar-refractivity contribution is -0.286. The van der Waals surface area contributed by atoms with Crippen molar-refractivity contribution in [2.75, 3.05) is 0 Å². The van der Waals surface area contributed by atoms with E-state index in [1.807, 2.05) is 5.32 Å². The molecule has 4 rings (SSSR count). The van der Waals surface area contributed by atoms with Crippen LogP contribution >= 0.6 is 0 Å². The Bertz CT molecular complexity index is 1330. The molecule has 2 aromatic carbocycles. The van der Waals surface area contributed by atoms with Gasteiger partial charge in [-0.2, -0.15) is 13.2 Å². The Kier molecular flexibility index (Phi) is 5.73. The standard InChI is InChI=1S/C22H17F5N2O6/c1-3-29-13-6-10(2)16(33-20(31)32)9-12(13)7-14(29)19(30)28-18(21(23,24)25)11-4-5-15-17(8-11)35-22(26,27)34-15/h4-9,18H,3H2,1-2H3,(H,28,30)(H,31,32). The summed E-state index contributed by atoms with van der Waals surface area (Å²) < 4.78 is 82.8. The van der Waals surface area contributed by atoms with Gasteiger partial charge in [0.15, 0.2) is 17.5 Å². The molecule has 1 atom stereocenters. The van der Waals surface area contributed by atoms with E-state index in [9.17, 15) is 31.5 Å². The van der Waals surface area contributed by atoms with Crippen LogP contribution in [-0.4, -0.2) is 34.2 Å². The maximum Gasteiger partial charge on any atom is 0.586 e. The van der Waals surface area contributed by atoms with Crippen molar-refractivity contribution < 1.29 is 50.9 Å². The minimum absolute atomic E-state index is 0.00976. The number of aryl methyl sites for hydroxylation is 2. The van der Waals surface area contributed by atoms with E-state index in [4.69, 9.17) is 9.84 Å². The topological polar surface area (TPSA) is 99.0 Å². The van der Waals surface area contributed by atoms with Crippen molar-refractivity contribution in [1.82, 2.24) is 9.88 Å². The summed E-state index contributed by atoms with van der Waals surface area (Å²) in [5.41, 5.74) is 0.237. The van der Waals surface area contributed by atoms with Gasteiger partial charge in [0, 0.05) is 17.4 Å². The number of hydrogen-bond acceptors (Lipinski definition) is 5. The van der Waals surface area contributed by atoms with Gasteiger partial charge in [0.2, 0.25) is 0 Å². The molecule has 1 aliphatic rings. The maximum absolute atomic E-state index is 13.9. The van der Waals surface area contributed by atoms with Gasteiger partial charge in [0.25, 0.3) is 5.91 Å². The number of ether oxygens (including phenoxy) is 3. The normalized spacial score (nSPS) is 15.2. The number of amides is 1. The number of aromatic nitrogens is 1. The number of alkyl halides is 5. The fourth-order valence-electron chi connectivity index (χ4n) is 3.83. The summed E-state index contributed by atoms with van der Waals surface area (Å²) in [5.74, 6) is -2.12. The third-order valence-electron chi connectivity index (χ3n) is 5.31. The van der Waals surface area contributed by atoms with Gasteiger partial charge in [-0.05, 0) is 55.3 Å². The van der Waals surface area contributed by atoms with Gasteiger partial charge in [-0.3, -0.25) is 4.79 Å². The van der Waals surface area contributed by atoms with Crippen molar-refractivity contribution in [2.45, 2.75) is 38.9 Å². The lowest BCUT2D eigenvalue weighted by atomic mass is 10.1. The molecule has 2 heterocycles. The maximum atomic E-state index is 13.9. The number of rotatable bonds is 5. The number of nitrogens with one attached hydrogen (secondary N) is 1. The number of benzene rings is 2. The molecule has 8 nitrogen and oxygen atoms in total. The molecule has 2 N–H and O–H groups in total. The average molecular weight is 500 g/mol. The average Bonchev–Trinajstić information content (AvgIpc) is 3.25. The van der Waals surface area contributed by atoms with Crippen molar-refractivity contribution in [2.24, 2.45) is 0 Å². The zero-order valence-corrected chi connectivity index (χ0v) is 18.1. The molecular weight excluding hydrogens is 483 g/mol. The number of carbonyl (C=O) groups is 2. The molecule has 186 valence electrons. The minimum atomic E-state index is -4.98. The molecule has 0 bridgehead atoms. The number of carboxylic acid groups (broad SMARTS) is 1. The summed E-state index contributed by atoms with van der Waals surface area (Å²) >= 11 is 0. The lowest BCUT2D eigenvalue weighted by Gasteiger charge is -2.22. The molecular formula is C22H17F5N2O6. The number of carbonyl (C=O) groups excluding carboxylic acids is 1. The van der Waals surface area contributed by atoms with E-state index < -0.39 is 47.6 Å². The molecule has 0 aliphatic carbocycles. The first-order chi connectivity index (χ1) is 16.3. The van der Waals surface area contributed by atoms with Crippen molar-refractivity contribution in [3.8, 4) is 17.2 Å². The zero-order valence-electron chi connectivity index (χ0n) is 18.1. The third kappa shape index (κ3) is 4.66. The van der Waals surface area contributed by atoms with Crippen LogP contribution in [0.5, 0.6) is 17.2 Å². The number of nitrogens with zero attached hydrogens (tertiary/aromatic N) is 1. The van der Waals surface area contributed by atoms with Crippen LogP contribution in [0.1, 0.15) is 34.6 Å². The zero-order chi connectivity index (χ0) is 25.7. The predicted octanol–water partition coefficient (Wildman–Crippen LogP) is 5.38. The summed E-state index contributed by atoms with van der Waals surface area (Å²) in [6.07, 6.45) is -10.5. The smallest absolute Gasteiger partial charge is 0.449 e. The van der Waals surface area contributed by atoms with Gasteiger partial charge in [-0.25, -0.2) is 4.79 Å². The second-order valence-electron chi connectivity index (χ2n) is 7.64. The fourth-order valence-corrected chi connectivity index (χ4v) is 3.83. The Morgan fingerprint density at radius 1 is 1.14 bits per heavy atom. The highest BCUT2D eigenvalue weighted by Gasteiger charge is 2.46. The molecule has 0 saturated carbocycles.